The van der Waals surface area contributed by atoms with Crippen molar-refractivity contribution in [2.75, 3.05) is 20.8 Å². The smallest absolute Gasteiger partial charge is 0.260 e. The van der Waals surface area contributed by atoms with Crippen LogP contribution in [0.2, 0.25) is 5.02 Å². The number of amides is 2. The van der Waals surface area contributed by atoms with Crippen LogP contribution in [0, 0.1) is 0 Å². The second-order valence-electron chi connectivity index (χ2n) is 5.37. The maximum Gasteiger partial charge on any atom is 0.260 e. The summed E-state index contributed by atoms with van der Waals surface area (Å²) in [4.78, 5) is 25.3. The fourth-order valence-electron chi connectivity index (χ4n) is 2.26. The molecule has 0 unspecified atom stereocenters. The molecule has 0 saturated carbocycles. The first-order valence-electron chi connectivity index (χ1n) is 7.50. The second-order valence-corrected chi connectivity index (χ2v) is 5.81. The van der Waals surface area contributed by atoms with Gasteiger partial charge in [0.05, 0.1) is 12.7 Å². The minimum Gasteiger partial charge on any atom is -0.493 e. The molecule has 0 bridgehead atoms. The minimum atomic E-state index is -0.659. The lowest BCUT2D eigenvalue weighted by molar-refractivity contribution is -0.132. The van der Waals surface area contributed by atoms with Crippen molar-refractivity contribution in [2.45, 2.75) is 6.54 Å². The van der Waals surface area contributed by atoms with E-state index in [0.29, 0.717) is 17.3 Å². The third-order valence-corrected chi connectivity index (χ3v) is 3.77. The number of likely N-dealkylation sites (N-methyl/N-ethyl adjacent to an activating group) is 1. The van der Waals surface area contributed by atoms with E-state index in [-0.39, 0.29) is 23.8 Å². The normalized spacial score (nSPS) is 10.2. The monoisotopic (exact) mass is 362 g/mol. The van der Waals surface area contributed by atoms with Gasteiger partial charge in [0.15, 0.2) is 18.1 Å². The fourth-order valence-corrected chi connectivity index (χ4v) is 2.47. The van der Waals surface area contributed by atoms with Crippen molar-refractivity contribution < 1.29 is 19.1 Å². The van der Waals surface area contributed by atoms with Gasteiger partial charge in [0.1, 0.15) is 0 Å². The zero-order chi connectivity index (χ0) is 18.4. The van der Waals surface area contributed by atoms with Gasteiger partial charge < -0.3 is 20.1 Å². The van der Waals surface area contributed by atoms with Crippen LogP contribution in [0.4, 0.5) is 0 Å². The number of halogens is 1. The van der Waals surface area contributed by atoms with Crippen molar-refractivity contribution in [1.82, 2.24) is 4.90 Å². The molecule has 0 saturated heterocycles. The van der Waals surface area contributed by atoms with Gasteiger partial charge in [0, 0.05) is 18.6 Å². The molecular weight excluding hydrogens is 344 g/mol. The Morgan fingerprint density at radius 3 is 2.56 bits per heavy atom. The summed E-state index contributed by atoms with van der Waals surface area (Å²) in [7, 11) is 3.10. The summed E-state index contributed by atoms with van der Waals surface area (Å²) in [6.07, 6.45) is 0. The quantitative estimate of drug-likeness (QED) is 0.820. The van der Waals surface area contributed by atoms with Crippen LogP contribution in [-0.4, -0.2) is 37.5 Å². The Morgan fingerprint density at radius 2 is 1.92 bits per heavy atom. The van der Waals surface area contributed by atoms with Crippen LogP contribution in [0.5, 0.6) is 11.5 Å². The molecule has 0 spiro atoms. The van der Waals surface area contributed by atoms with E-state index < -0.39 is 5.91 Å². The molecule has 7 heteroatoms. The van der Waals surface area contributed by atoms with Crippen molar-refractivity contribution in [2.24, 2.45) is 5.73 Å². The van der Waals surface area contributed by atoms with Gasteiger partial charge in [0.25, 0.3) is 11.8 Å². The van der Waals surface area contributed by atoms with E-state index in [1.165, 1.54) is 18.1 Å². The summed E-state index contributed by atoms with van der Waals surface area (Å²) < 4.78 is 10.7. The maximum absolute atomic E-state index is 12.3. The fraction of sp³-hybridized carbons (Fsp3) is 0.222. The van der Waals surface area contributed by atoms with Crippen LogP contribution >= 0.6 is 11.6 Å². The first-order valence-corrected chi connectivity index (χ1v) is 7.88. The Labute approximate surface area is 151 Å². The molecule has 2 N–H and O–H groups in total. The first-order chi connectivity index (χ1) is 11.9. The van der Waals surface area contributed by atoms with E-state index in [1.807, 2.05) is 12.1 Å². The highest BCUT2D eigenvalue weighted by Crippen LogP contribution is 2.30. The summed E-state index contributed by atoms with van der Waals surface area (Å²) in [5.74, 6) is -0.432. The number of carbonyl (C=O) groups is 2. The number of nitrogens with zero attached hydrogens (tertiary/aromatic N) is 1. The minimum absolute atomic E-state index is 0.155. The molecule has 25 heavy (non-hydrogen) atoms. The van der Waals surface area contributed by atoms with E-state index in [2.05, 4.69) is 0 Å². The molecule has 2 aromatic rings. The number of hydrogen-bond donors (Lipinski definition) is 1. The highest BCUT2D eigenvalue weighted by molar-refractivity contribution is 6.30. The Bertz CT molecular complexity index is 779. The van der Waals surface area contributed by atoms with Gasteiger partial charge in [-0.25, -0.2) is 0 Å². The lowest BCUT2D eigenvalue weighted by atomic mass is 10.2. The highest BCUT2D eigenvalue weighted by Gasteiger charge is 2.17. The zero-order valence-corrected chi connectivity index (χ0v) is 14.7. The number of carbonyl (C=O) groups excluding carboxylic acids is 2. The molecule has 0 radical (unpaired) electrons. The molecule has 6 nitrogen and oxygen atoms in total. The lowest BCUT2D eigenvalue weighted by Gasteiger charge is -2.19. The maximum atomic E-state index is 12.3. The molecule has 0 fully saturated rings. The van der Waals surface area contributed by atoms with Crippen molar-refractivity contribution in [3.05, 3.63) is 58.6 Å². The number of methoxy groups -OCH3 is 1. The number of ether oxygens (including phenoxy) is 2. The van der Waals surface area contributed by atoms with E-state index in [1.54, 1.807) is 31.3 Å². The van der Waals surface area contributed by atoms with Gasteiger partial charge in [-0.1, -0.05) is 29.8 Å². The Hall–Kier alpha value is -2.73. The second kappa shape index (κ2) is 8.39. The summed E-state index contributed by atoms with van der Waals surface area (Å²) >= 11 is 5.94. The predicted octanol–water partition coefficient (Wildman–Crippen LogP) is 2.48. The van der Waals surface area contributed by atoms with Gasteiger partial charge in [0.2, 0.25) is 0 Å². The van der Waals surface area contributed by atoms with Crippen LogP contribution in [0.25, 0.3) is 0 Å². The molecule has 0 aliphatic heterocycles. The molecule has 0 aliphatic rings. The summed E-state index contributed by atoms with van der Waals surface area (Å²) in [6, 6.07) is 12.0. The van der Waals surface area contributed by atoms with E-state index in [4.69, 9.17) is 26.8 Å². The Balaban J connectivity index is 2.05. The topological polar surface area (TPSA) is 81.9 Å². The average molecular weight is 363 g/mol. The highest BCUT2D eigenvalue weighted by atomic mass is 35.5. The molecule has 132 valence electrons. The first kappa shape index (κ1) is 18.6. The number of nitrogens with two attached hydrogens (primary N) is 1. The van der Waals surface area contributed by atoms with Crippen LogP contribution in [0.15, 0.2) is 42.5 Å². The molecule has 2 amide bonds. The van der Waals surface area contributed by atoms with Gasteiger partial charge >= 0.3 is 0 Å². The largest absolute Gasteiger partial charge is 0.493 e. The number of hydrogen-bond acceptors (Lipinski definition) is 4. The number of primary amides is 1. The van der Waals surface area contributed by atoms with Crippen molar-refractivity contribution in [3.8, 4) is 11.5 Å². The molecule has 2 rings (SSSR count). The Kier molecular flexibility index (Phi) is 6.25. The van der Waals surface area contributed by atoms with Crippen LogP contribution in [0.3, 0.4) is 0 Å². The van der Waals surface area contributed by atoms with Crippen LogP contribution < -0.4 is 15.2 Å². The third kappa shape index (κ3) is 4.87. The zero-order valence-electron chi connectivity index (χ0n) is 14.0. The van der Waals surface area contributed by atoms with Crippen molar-refractivity contribution in [3.63, 3.8) is 0 Å². The SMILES string of the molecule is COc1cccc(C(N)=O)c1OCC(=O)N(C)Cc1cccc(Cl)c1. The number of benzene rings is 2. The third-order valence-electron chi connectivity index (χ3n) is 3.54. The van der Waals surface area contributed by atoms with Gasteiger partial charge in [-0.3, -0.25) is 9.59 Å². The summed E-state index contributed by atoms with van der Waals surface area (Å²) in [6.45, 7) is 0.134. The molecule has 2 aromatic carbocycles. The Morgan fingerprint density at radius 1 is 1.20 bits per heavy atom. The lowest BCUT2D eigenvalue weighted by Crippen LogP contribution is -2.31. The van der Waals surface area contributed by atoms with Crippen LogP contribution in [0.1, 0.15) is 15.9 Å². The van der Waals surface area contributed by atoms with Crippen molar-refractivity contribution >= 4 is 23.4 Å². The molecular formula is C18H19ClN2O4. The van der Waals surface area contributed by atoms with Crippen molar-refractivity contribution in [1.29, 1.82) is 0 Å². The van der Waals surface area contributed by atoms with E-state index in [0.717, 1.165) is 5.56 Å². The predicted molar refractivity (Wildman–Crippen MR) is 94.9 cm³/mol. The van der Waals surface area contributed by atoms with Crippen LogP contribution in [-0.2, 0) is 11.3 Å². The summed E-state index contributed by atoms with van der Waals surface area (Å²) in [5, 5.41) is 0.606. The molecule has 0 heterocycles. The van der Waals surface area contributed by atoms with Gasteiger partial charge in [-0.15, -0.1) is 0 Å². The molecule has 0 atom stereocenters. The molecule has 0 aromatic heterocycles. The standard InChI is InChI=1S/C18H19ClN2O4/c1-21(10-12-5-3-6-13(19)9-12)16(22)11-25-17-14(18(20)23)7-4-8-15(17)24-2/h3-9H,10-11H2,1-2H3,(H2,20,23). The number of para-hydroxylation sites is 1. The van der Waals surface area contributed by atoms with E-state index in [9.17, 15) is 9.59 Å². The number of rotatable bonds is 7. The summed E-state index contributed by atoms with van der Waals surface area (Å²) in [5.41, 5.74) is 6.40. The van der Waals surface area contributed by atoms with Gasteiger partial charge in [-0.2, -0.15) is 0 Å². The molecule has 0 aliphatic carbocycles. The average Bonchev–Trinajstić information content (AvgIpc) is 2.59. The van der Waals surface area contributed by atoms with E-state index >= 15 is 0 Å². The van der Waals surface area contributed by atoms with Gasteiger partial charge in [-0.05, 0) is 29.8 Å².